The van der Waals surface area contributed by atoms with E-state index in [0.29, 0.717) is 24.8 Å². The van der Waals surface area contributed by atoms with E-state index in [1.165, 1.54) is 11.1 Å². The van der Waals surface area contributed by atoms with Gasteiger partial charge in [-0.15, -0.1) is 0 Å². The van der Waals surface area contributed by atoms with E-state index in [-0.39, 0.29) is 5.41 Å². The molecule has 0 aliphatic heterocycles. The van der Waals surface area contributed by atoms with Crippen LogP contribution in [0.4, 0.5) is 0 Å². The zero-order valence-electron chi connectivity index (χ0n) is 15.6. The maximum atomic E-state index is 6.05. The topological polar surface area (TPSA) is 44.5 Å². The normalized spacial score (nSPS) is 11.4. The summed E-state index contributed by atoms with van der Waals surface area (Å²) in [5.74, 6) is 1.74. The first-order chi connectivity index (χ1) is 11.8. The SMILES string of the molecule is Cc1ccc(C(C)(C)C)c(OCCOc2ccc(Cl)cc2CCN)c1. The molecule has 4 heteroatoms. The van der Waals surface area contributed by atoms with Crippen LogP contribution in [0, 0.1) is 6.92 Å². The van der Waals surface area contributed by atoms with Gasteiger partial charge in [-0.05, 0) is 66.3 Å². The minimum atomic E-state index is 0.0361. The van der Waals surface area contributed by atoms with Gasteiger partial charge in [0.25, 0.3) is 0 Å². The maximum Gasteiger partial charge on any atom is 0.123 e. The Bertz CT molecular complexity index is 708. The second-order valence-corrected chi connectivity index (χ2v) is 7.67. The standard InChI is InChI=1S/C21H28ClNO2/c1-15-5-7-18(21(2,3)4)20(13-15)25-12-11-24-19-8-6-17(22)14-16(19)9-10-23/h5-8,13-14H,9-12,23H2,1-4H3. The number of halogens is 1. The van der Waals surface area contributed by atoms with Gasteiger partial charge in [-0.2, -0.15) is 0 Å². The summed E-state index contributed by atoms with van der Waals surface area (Å²) in [7, 11) is 0. The number of hydrogen-bond acceptors (Lipinski definition) is 3. The molecule has 25 heavy (non-hydrogen) atoms. The molecule has 0 amide bonds. The number of hydrogen-bond donors (Lipinski definition) is 1. The number of rotatable bonds is 7. The van der Waals surface area contributed by atoms with E-state index in [1.54, 1.807) is 0 Å². The molecule has 0 fully saturated rings. The highest BCUT2D eigenvalue weighted by Crippen LogP contribution is 2.32. The zero-order valence-corrected chi connectivity index (χ0v) is 16.3. The molecule has 136 valence electrons. The van der Waals surface area contributed by atoms with Crippen LogP contribution in [0.5, 0.6) is 11.5 Å². The molecule has 2 rings (SSSR count). The fourth-order valence-corrected chi connectivity index (χ4v) is 2.91. The Morgan fingerprint density at radius 3 is 2.28 bits per heavy atom. The third-order valence-corrected chi connectivity index (χ3v) is 4.21. The largest absolute Gasteiger partial charge is 0.490 e. The van der Waals surface area contributed by atoms with Crippen LogP contribution in [0.25, 0.3) is 0 Å². The fraction of sp³-hybridized carbons (Fsp3) is 0.429. The predicted octanol–water partition coefficient (Wildman–Crippen LogP) is 4.90. The third-order valence-electron chi connectivity index (χ3n) is 3.98. The lowest BCUT2D eigenvalue weighted by Gasteiger charge is -2.23. The maximum absolute atomic E-state index is 6.05. The van der Waals surface area contributed by atoms with Gasteiger partial charge in [0.1, 0.15) is 24.7 Å². The number of benzene rings is 2. The lowest BCUT2D eigenvalue weighted by atomic mass is 9.86. The summed E-state index contributed by atoms with van der Waals surface area (Å²) >= 11 is 6.05. The van der Waals surface area contributed by atoms with Crippen molar-refractivity contribution in [3.63, 3.8) is 0 Å². The molecule has 0 unspecified atom stereocenters. The molecule has 0 bridgehead atoms. The first-order valence-corrected chi connectivity index (χ1v) is 9.04. The van der Waals surface area contributed by atoms with Crippen LogP contribution >= 0.6 is 11.6 Å². The monoisotopic (exact) mass is 361 g/mol. The molecule has 2 aromatic carbocycles. The number of ether oxygens (including phenoxy) is 2. The van der Waals surface area contributed by atoms with Crippen LogP contribution in [0.15, 0.2) is 36.4 Å². The van der Waals surface area contributed by atoms with Gasteiger partial charge in [0.15, 0.2) is 0 Å². The first kappa shape index (κ1) is 19.6. The molecule has 0 spiro atoms. The molecule has 0 saturated carbocycles. The third kappa shape index (κ3) is 5.65. The average Bonchev–Trinajstić information content (AvgIpc) is 2.52. The molecule has 0 aliphatic rings. The van der Waals surface area contributed by atoms with Crippen molar-refractivity contribution in [1.82, 2.24) is 0 Å². The molecule has 0 saturated heterocycles. The number of nitrogens with two attached hydrogens (primary N) is 1. The van der Waals surface area contributed by atoms with Crippen molar-refractivity contribution < 1.29 is 9.47 Å². The molecular weight excluding hydrogens is 334 g/mol. The molecule has 2 aromatic rings. The molecule has 0 heterocycles. The highest BCUT2D eigenvalue weighted by Gasteiger charge is 2.19. The van der Waals surface area contributed by atoms with E-state index in [2.05, 4.69) is 45.9 Å². The van der Waals surface area contributed by atoms with Gasteiger partial charge in [0.05, 0.1) is 0 Å². The summed E-state index contributed by atoms with van der Waals surface area (Å²) in [5.41, 5.74) is 9.11. The van der Waals surface area contributed by atoms with Crippen LogP contribution in [0.2, 0.25) is 5.02 Å². The lowest BCUT2D eigenvalue weighted by molar-refractivity contribution is 0.213. The van der Waals surface area contributed by atoms with E-state index < -0.39 is 0 Å². The summed E-state index contributed by atoms with van der Waals surface area (Å²) in [6, 6.07) is 12.0. The van der Waals surface area contributed by atoms with Crippen molar-refractivity contribution in [2.45, 2.75) is 39.5 Å². The van der Waals surface area contributed by atoms with Crippen molar-refractivity contribution in [1.29, 1.82) is 0 Å². The Kier molecular flexibility index (Phi) is 6.74. The van der Waals surface area contributed by atoms with Crippen molar-refractivity contribution in [3.05, 3.63) is 58.1 Å². The van der Waals surface area contributed by atoms with Crippen molar-refractivity contribution in [2.24, 2.45) is 5.73 Å². The molecular formula is C21H28ClNO2. The summed E-state index contributed by atoms with van der Waals surface area (Å²) in [4.78, 5) is 0. The fourth-order valence-electron chi connectivity index (χ4n) is 2.71. The van der Waals surface area contributed by atoms with Gasteiger partial charge >= 0.3 is 0 Å². The molecule has 0 atom stereocenters. The average molecular weight is 362 g/mol. The summed E-state index contributed by atoms with van der Waals surface area (Å²) in [5, 5.41) is 0.696. The van der Waals surface area contributed by atoms with E-state index in [0.717, 1.165) is 23.5 Å². The summed E-state index contributed by atoms with van der Waals surface area (Å²) in [6.45, 7) is 10.2. The Morgan fingerprint density at radius 2 is 1.64 bits per heavy atom. The van der Waals surface area contributed by atoms with E-state index >= 15 is 0 Å². The van der Waals surface area contributed by atoms with Gasteiger partial charge in [0, 0.05) is 5.02 Å². The van der Waals surface area contributed by atoms with Crippen molar-refractivity contribution in [3.8, 4) is 11.5 Å². The predicted molar refractivity (Wildman–Crippen MR) is 105 cm³/mol. The second kappa shape index (κ2) is 8.59. The second-order valence-electron chi connectivity index (χ2n) is 7.24. The minimum Gasteiger partial charge on any atom is -0.490 e. The Morgan fingerprint density at radius 1 is 0.960 bits per heavy atom. The van der Waals surface area contributed by atoms with Gasteiger partial charge in [-0.1, -0.05) is 44.5 Å². The first-order valence-electron chi connectivity index (χ1n) is 8.66. The highest BCUT2D eigenvalue weighted by molar-refractivity contribution is 6.30. The summed E-state index contributed by atoms with van der Waals surface area (Å²) in [6.07, 6.45) is 0.739. The van der Waals surface area contributed by atoms with Crippen LogP contribution < -0.4 is 15.2 Å². The molecule has 0 aromatic heterocycles. The van der Waals surface area contributed by atoms with Gasteiger partial charge in [-0.3, -0.25) is 0 Å². The quantitative estimate of drug-likeness (QED) is 0.713. The number of aryl methyl sites for hydroxylation is 1. The zero-order chi connectivity index (χ0) is 18.4. The van der Waals surface area contributed by atoms with Crippen LogP contribution in [0.1, 0.15) is 37.5 Å². The van der Waals surface area contributed by atoms with Crippen LogP contribution in [-0.2, 0) is 11.8 Å². The van der Waals surface area contributed by atoms with E-state index in [4.69, 9.17) is 26.8 Å². The van der Waals surface area contributed by atoms with E-state index in [9.17, 15) is 0 Å². The summed E-state index contributed by atoms with van der Waals surface area (Å²) < 4.78 is 11.9. The Balaban J connectivity index is 1.99. The van der Waals surface area contributed by atoms with Gasteiger partial charge in [0.2, 0.25) is 0 Å². The lowest BCUT2D eigenvalue weighted by Crippen LogP contribution is -2.16. The minimum absolute atomic E-state index is 0.0361. The molecule has 3 nitrogen and oxygen atoms in total. The van der Waals surface area contributed by atoms with E-state index in [1.807, 2.05) is 18.2 Å². The van der Waals surface area contributed by atoms with Crippen molar-refractivity contribution in [2.75, 3.05) is 19.8 Å². The smallest absolute Gasteiger partial charge is 0.123 e. The van der Waals surface area contributed by atoms with Gasteiger partial charge in [-0.25, -0.2) is 0 Å². The molecule has 0 radical (unpaired) electrons. The Hall–Kier alpha value is -1.71. The van der Waals surface area contributed by atoms with Crippen LogP contribution in [-0.4, -0.2) is 19.8 Å². The molecule has 0 aliphatic carbocycles. The molecule has 2 N–H and O–H groups in total. The van der Waals surface area contributed by atoms with Crippen molar-refractivity contribution >= 4 is 11.6 Å². The highest BCUT2D eigenvalue weighted by atomic mass is 35.5. The van der Waals surface area contributed by atoms with Crippen LogP contribution in [0.3, 0.4) is 0 Å². The Labute approximate surface area is 156 Å². The van der Waals surface area contributed by atoms with Gasteiger partial charge < -0.3 is 15.2 Å².